The molecule has 51 heavy (non-hydrogen) atoms. The highest BCUT2D eigenvalue weighted by Gasteiger charge is 2.53. The van der Waals surface area contributed by atoms with Gasteiger partial charge >= 0.3 is 5.97 Å². The first-order valence-corrected chi connectivity index (χ1v) is 18.5. The molecule has 0 aromatic rings. The molecule has 0 aromatic carbocycles. The van der Waals surface area contributed by atoms with Crippen LogP contribution in [-0.2, 0) is 38.0 Å². The third kappa shape index (κ3) is 9.51. The predicted molar refractivity (Wildman–Crippen MR) is 186 cm³/mol. The molecule has 3 fully saturated rings. The number of esters is 1. The maximum atomic E-state index is 14.1. The van der Waals surface area contributed by atoms with Gasteiger partial charge < -0.3 is 58.9 Å². The molecule has 0 saturated carbocycles. The minimum Gasteiger partial charge on any atom is -0.459 e. The van der Waals surface area contributed by atoms with Crippen LogP contribution >= 0.6 is 0 Å². The number of cyclic esters (lactones) is 1. The van der Waals surface area contributed by atoms with Crippen LogP contribution in [0, 0.1) is 23.7 Å². The molecule has 3 aliphatic heterocycles. The van der Waals surface area contributed by atoms with E-state index in [0.29, 0.717) is 6.42 Å². The number of aliphatic hydroxyl groups excluding tert-OH is 3. The highest BCUT2D eigenvalue weighted by atomic mass is 16.7. The van der Waals surface area contributed by atoms with Crippen LogP contribution in [0.3, 0.4) is 0 Å². The van der Waals surface area contributed by atoms with Gasteiger partial charge in [-0.3, -0.25) is 9.59 Å². The SMILES string of the molecule is CC[C@H]1OC(=O)[C@H](C)[C@@H](O[C@H]2C[C@@](C)(OC)[C@@H](O)[C@H](C)O2)[C@H](C)[C@@H](O[C@@H]2O[C@H](C)C[C@H](N(C)C)[C@H]2O)[C@](C)(O)C[C@@H](C)[C@H](O)[C@H](C)C(=O)[C@]1(C)O. The first-order valence-electron chi connectivity index (χ1n) is 18.5. The van der Waals surface area contributed by atoms with Crippen LogP contribution in [-0.4, -0.2) is 148 Å². The highest BCUT2D eigenvalue weighted by Crippen LogP contribution is 2.41. The van der Waals surface area contributed by atoms with Gasteiger partial charge in [0.15, 0.2) is 24.0 Å². The molecule has 14 heteroatoms. The van der Waals surface area contributed by atoms with Gasteiger partial charge in [-0.05, 0) is 80.8 Å². The fourth-order valence-corrected chi connectivity index (χ4v) is 8.41. The Hall–Kier alpha value is -1.30. The smallest absolute Gasteiger partial charge is 0.311 e. The molecule has 18 atom stereocenters. The maximum absolute atomic E-state index is 14.1. The Balaban J connectivity index is 2.18. The molecule has 5 N–H and O–H groups in total. The topological polar surface area (TPSA) is 194 Å². The molecule has 0 amide bonds. The zero-order valence-corrected chi connectivity index (χ0v) is 32.9. The Kier molecular flexibility index (Phi) is 14.7. The van der Waals surface area contributed by atoms with Gasteiger partial charge in [-0.25, -0.2) is 0 Å². The number of Topliss-reactive ketones (excluding diaryl/α,β-unsaturated/α-hetero) is 1. The summed E-state index contributed by atoms with van der Waals surface area (Å²) in [7, 11) is 5.18. The Morgan fingerprint density at radius 2 is 1.49 bits per heavy atom. The number of methoxy groups -OCH3 is 1. The first-order chi connectivity index (χ1) is 23.4. The molecule has 3 saturated heterocycles. The van der Waals surface area contributed by atoms with Crippen LogP contribution in [0.25, 0.3) is 0 Å². The molecular formula is C37H67NO13. The summed E-state index contributed by atoms with van der Waals surface area (Å²) in [5, 5.41) is 57.7. The second kappa shape index (κ2) is 17.0. The summed E-state index contributed by atoms with van der Waals surface area (Å²) in [4.78, 5) is 29.7. The van der Waals surface area contributed by atoms with Crippen LogP contribution in [0.1, 0.15) is 94.9 Å². The van der Waals surface area contributed by atoms with Gasteiger partial charge in [-0.15, -0.1) is 0 Å². The third-order valence-electron chi connectivity index (χ3n) is 11.8. The van der Waals surface area contributed by atoms with Crippen molar-refractivity contribution in [1.82, 2.24) is 4.90 Å². The van der Waals surface area contributed by atoms with E-state index in [9.17, 15) is 35.1 Å². The van der Waals surface area contributed by atoms with E-state index in [1.807, 2.05) is 25.9 Å². The van der Waals surface area contributed by atoms with E-state index < -0.39 is 108 Å². The maximum Gasteiger partial charge on any atom is 0.311 e. The molecule has 0 aromatic heterocycles. The third-order valence-corrected chi connectivity index (χ3v) is 11.8. The van der Waals surface area contributed by atoms with Gasteiger partial charge in [0.1, 0.15) is 18.3 Å². The fourth-order valence-electron chi connectivity index (χ4n) is 8.41. The van der Waals surface area contributed by atoms with E-state index in [4.69, 9.17) is 28.4 Å². The van der Waals surface area contributed by atoms with Crippen molar-refractivity contribution in [2.24, 2.45) is 23.7 Å². The van der Waals surface area contributed by atoms with E-state index in [1.54, 1.807) is 48.5 Å². The Labute approximate surface area is 304 Å². The van der Waals surface area contributed by atoms with E-state index in [2.05, 4.69) is 0 Å². The van der Waals surface area contributed by atoms with E-state index in [0.717, 1.165) is 0 Å². The molecule has 3 rings (SSSR count). The number of likely N-dealkylation sites (N-methyl/N-ethyl adjacent to an activating group) is 1. The normalized spacial score (nSPS) is 49.7. The van der Waals surface area contributed by atoms with Crippen LogP contribution < -0.4 is 0 Å². The minimum atomic E-state index is -2.13. The van der Waals surface area contributed by atoms with Gasteiger partial charge in [-0.2, -0.15) is 0 Å². The van der Waals surface area contributed by atoms with Crippen molar-refractivity contribution in [2.75, 3.05) is 21.2 Å². The molecule has 3 aliphatic rings. The van der Waals surface area contributed by atoms with Crippen molar-refractivity contribution in [3.05, 3.63) is 0 Å². The summed E-state index contributed by atoms with van der Waals surface area (Å²) < 4.78 is 37.0. The van der Waals surface area contributed by atoms with Crippen molar-refractivity contribution in [2.45, 2.75) is 179 Å². The van der Waals surface area contributed by atoms with Gasteiger partial charge in [0.2, 0.25) is 0 Å². The van der Waals surface area contributed by atoms with Gasteiger partial charge in [-0.1, -0.05) is 27.7 Å². The lowest BCUT2D eigenvalue weighted by molar-refractivity contribution is -0.318. The molecular weight excluding hydrogens is 666 g/mol. The lowest BCUT2D eigenvalue weighted by atomic mass is 9.74. The first kappa shape index (κ1) is 44.1. The summed E-state index contributed by atoms with van der Waals surface area (Å²) in [5.74, 6) is -5.16. The van der Waals surface area contributed by atoms with Gasteiger partial charge in [0, 0.05) is 31.4 Å². The Morgan fingerprint density at radius 3 is 2.04 bits per heavy atom. The highest BCUT2D eigenvalue weighted by molar-refractivity contribution is 5.90. The molecule has 3 heterocycles. The summed E-state index contributed by atoms with van der Waals surface area (Å²) in [6.07, 6.45) is -9.39. The Bertz CT molecular complexity index is 1170. The molecule has 0 unspecified atom stereocenters. The van der Waals surface area contributed by atoms with Crippen LogP contribution in [0.2, 0.25) is 0 Å². The van der Waals surface area contributed by atoms with Crippen LogP contribution in [0.4, 0.5) is 0 Å². The van der Waals surface area contributed by atoms with Crippen LogP contribution in [0.15, 0.2) is 0 Å². The molecule has 0 bridgehead atoms. The zero-order chi connectivity index (χ0) is 39.0. The molecule has 0 spiro atoms. The van der Waals surface area contributed by atoms with E-state index >= 15 is 0 Å². The molecule has 0 aliphatic carbocycles. The minimum absolute atomic E-state index is 0.0773. The standard InChI is InChI=1S/C37H67NO13/c1-14-25-37(10,45)30(41)20(4)27(39)18(2)16-35(8,44)32(51-34-28(40)24(38(11)12)15-19(3)47-34)21(5)29(22(6)33(43)49-25)50-26-17-36(9,46-13)31(42)23(7)48-26/h18-29,31-32,34,39-40,42,44-45H,14-17H2,1-13H3/t18-,19-,20+,21+,22-,23+,24+,25-,26+,27+,28-,29+,31+,32-,34+,35-,36-,37-/m1/s1. The van der Waals surface area contributed by atoms with E-state index in [-0.39, 0.29) is 31.4 Å². The second-order valence-corrected chi connectivity index (χ2v) is 16.5. The number of rotatable bonds is 7. The molecule has 0 radical (unpaired) electrons. The lowest BCUT2D eigenvalue weighted by Crippen LogP contribution is -2.61. The Morgan fingerprint density at radius 1 is 0.882 bits per heavy atom. The summed E-state index contributed by atoms with van der Waals surface area (Å²) in [5.41, 5.74) is -4.94. The second-order valence-electron chi connectivity index (χ2n) is 16.5. The quantitative estimate of drug-likeness (QED) is 0.238. The van der Waals surface area contributed by atoms with Crippen molar-refractivity contribution >= 4 is 11.8 Å². The number of carbonyl (C=O) groups is 2. The summed E-state index contributed by atoms with van der Waals surface area (Å²) in [6, 6.07) is -0.319. The largest absolute Gasteiger partial charge is 0.459 e. The average Bonchev–Trinajstić information content (AvgIpc) is 3.05. The number of ketones is 1. The molecule has 298 valence electrons. The van der Waals surface area contributed by atoms with Gasteiger partial charge in [0.25, 0.3) is 0 Å². The van der Waals surface area contributed by atoms with Gasteiger partial charge in [0.05, 0.1) is 47.6 Å². The number of ether oxygens (including phenoxy) is 6. The van der Waals surface area contributed by atoms with Crippen LogP contribution in [0.5, 0.6) is 0 Å². The summed E-state index contributed by atoms with van der Waals surface area (Å²) >= 11 is 0. The number of nitrogens with zero attached hydrogens (tertiary/aromatic N) is 1. The van der Waals surface area contributed by atoms with Crippen molar-refractivity contribution in [3.8, 4) is 0 Å². The van der Waals surface area contributed by atoms with Crippen molar-refractivity contribution < 1.29 is 63.5 Å². The fraction of sp³-hybridized carbons (Fsp3) is 0.946. The number of carbonyl (C=O) groups excluding carboxylic acids is 2. The average molecular weight is 734 g/mol. The number of hydrogen-bond acceptors (Lipinski definition) is 14. The number of aliphatic hydroxyl groups is 5. The van der Waals surface area contributed by atoms with Crippen molar-refractivity contribution in [1.29, 1.82) is 0 Å². The van der Waals surface area contributed by atoms with E-state index in [1.165, 1.54) is 21.0 Å². The zero-order valence-electron chi connectivity index (χ0n) is 32.9. The predicted octanol–water partition coefficient (Wildman–Crippen LogP) is 1.79. The molecule has 14 nitrogen and oxygen atoms in total. The summed E-state index contributed by atoms with van der Waals surface area (Å²) in [6.45, 7) is 16.3. The monoisotopic (exact) mass is 733 g/mol. The van der Waals surface area contributed by atoms with Crippen molar-refractivity contribution in [3.63, 3.8) is 0 Å². The lowest BCUT2D eigenvalue weighted by Gasteiger charge is -2.49. The number of hydrogen-bond donors (Lipinski definition) is 5.